The summed E-state index contributed by atoms with van der Waals surface area (Å²) in [5.74, 6) is -1.65. The fourth-order valence-electron chi connectivity index (χ4n) is 3.00. The van der Waals surface area contributed by atoms with E-state index in [1.54, 1.807) is 6.07 Å². The average molecular weight is 283 g/mol. The van der Waals surface area contributed by atoms with E-state index in [0.29, 0.717) is 18.2 Å². The number of halogens is 2. The van der Waals surface area contributed by atoms with Gasteiger partial charge in [0.25, 0.3) is 0 Å². The van der Waals surface area contributed by atoms with E-state index in [1.807, 2.05) is 6.92 Å². The van der Waals surface area contributed by atoms with Crippen LogP contribution in [0.15, 0.2) is 18.2 Å². The molecule has 2 fully saturated rings. The Labute approximate surface area is 117 Å². The van der Waals surface area contributed by atoms with Crippen molar-refractivity contribution in [1.82, 2.24) is 5.32 Å². The molecule has 2 aliphatic heterocycles. The zero-order valence-corrected chi connectivity index (χ0v) is 11.4. The first-order valence-corrected chi connectivity index (χ1v) is 7.09. The second kappa shape index (κ2) is 5.76. The van der Waals surface area contributed by atoms with Gasteiger partial charge in [-0.05, 0) is 37.5 Å². The quantitative estimate of drug-likeness (QED) is 0.925. The highest BCUT2D eigenvalue weighted by Gasteiger charge is 2.34. The molecular weight excluding hydrogens is 264 g/mol. The van der Waals surface area contributed by atoms with Crippen LogP contribution in [0.3, 0.4) is 0 Å². The Bertz CT molecular complexity index is 483. The van der Waals surface area contributed by atoms with E-state index in [4.69, 9.17) is 9.47 Å². The van der Waals surface area contributed by atoms with E-state index in [0.717, 1.165) is 25.5 Å². The van der Waals surface area contributed by atoms with Crippen molar-refractivity contribution in [1.29, 1.82) is 0 Å². The van der Waals surface area contributed by atoms with Crippen LogP contribution in [0.2, 0.25) is 0 Å². The summed E-state index contributed by atoms with van der Waals surface area (Å²) in [6.45, 7) is 3.44. The fourth-order valence-corrected chi connectivity index (χ4v) is 3.00. The molecule has 20 heavy (non-hydrogen) atoms. The Balaban J connectivity index is 1.73. The molecule has 4 atom stereocenters. The smallest absolute Gasteiger partial charge is 0.159 e. The van der Waals surface area contributed by atoms with Gasteiger partial charge in [-0.3, -0.25) is 0 Å². The minimum Gasteiger partial charge on any atom is -0.377 e. The van der Waals surface area contributed by atoms with Crippen LogP contribution >= 0.6 is 0 Å². The van der Waals surface area contributed by atoms with Crippen LogP contribution in [0.1, 0.15) is 31.4 Å². The first kappa shape index (κ1) is 13.9. The maximum Gasteiger partial charge on any atom is 0.159 e. The summed E-state index contributed by atoms with van der Waals surface area (Å²) in [5, 5.41) is 3.54. The summed E-state index contributed by atoms with van der Waals surface area (Å²) in [4.78, 5) is 0. The van der Waals surface area contributed by atoms with Gasteiger partial charge in [0.15, 0.2) is 11.6 Å². The van der Waals surface area contributed by atoms with E-state index < -0.39 is 11.6 Å². The molecule has 0 aliphatic carbocycles. The van der Waals surface area contributed by atoms with Gasteiger partial charge in [-0.1, -0.05) is 6.07 Å². The van der Waals surface area contributed by atoms with Crippen LogP contribution in [-0.2, 0) is 9.47 Å². The van der Waals surface area contributed by atoms with Crippen molar-refractivity contribution in [2.45, 2.75) is 44.1 Å². The number of hydrogen-bond donors (Lipinski definition) is 1. The van der Waals surface area contributed by atoms with Gasteiger partial charge >= 0.3 is 0 Å². The number of benzene rings is 1. The van der Waals surface area contributed by atoms with Crippen LogP contribution < -0.4 is 5.32 Å². The normalized spacial score (nSPS) is 33.8. The van der Waals surface area contributed by atoms with Gasteiger partial charge < -0.3 is 14.8 Å². The Kier molecular flexibility index (Phi) is 4.01. The minimum atomic E-state index is -0.825. The number of rotatable bonds is 3. The molecule has 0 aromatic heterocycles. The van der Waals surface area contributed by atoms with Crippen molar-refractivity contribution in [3.8, 4) is 0 Å². The Hall–Kier alpha value is -1.04. The van der Waals surface area contributed by atoms with Crippen molar-refractivity contribution < 1.29 is 18.3 Å². The summed E-state index contributed by atoms with van der Waals surface area (Å²) in [7, 11) is 0. The third kappa shape index (κ3) is 2.71. The second-order valence-electron chi connectivity index (χ2n) is 5.50. The number of hydrogen-bond acceptors (Lipinski definition) is 3. The SMILES string of the molecule is C[C@@H]1OCC[C@@H]1N[C@@H]1CCO[C@@H]1c1ccc(F)c(F)c1. The summed E-state index contributed by atoms with van der Waals surface area (Å²) < 4.78 is 37.6. The summed E-state index contributed by atoms with van der Waals surface area (Å²) >= 11 is 0. The molecule has 0 radical (unpaired) electrons. The molecule has 2 aliphatic rings. The lowest BCUT2D eigenvalue weighted by atomic mass is 10.00. The van der Waals surface area contributed by atoms with Crippen LogP contribution in [0.5, 0.6) is 0 Å². The molecule has 3 rings (SSSR count). The summed E-state index contributed by atoms with van der Waals surface area (Å²) in [5.41, 5.74) is 0.686. The van der Waals surface area contributed by atoms with E-state index in [9.17, 15) is 8.78 Å². The standard InChI is InChI=1S/C15H19F2NO2/c1-9-13(4-6-19-9)18-14-5-7-20-15(14)10-2-3-11(16)12(17)8-10/h2-3,8-9,13-15,18H,4-7H2,1H3/t9-,13-,14+,15+/m0/s1. The zero-order valence-electron chi connectivity index (χ0n) is 11.4. The maximum absolute atomic E-state index is 13.4. The van der Waals surface area contributed by atoms with Gasteiger partial charge in [-0.2, -0.15) is 0 Å². The third-order valence-corrected chi connectivity index (χ3v) is 4.17. The Morgan fingerprint density at radius 2 is 1.80 bits per heavy atom. The van der Waals surface area contributed by atoms with Crippen molar-refractivity contribution >= 4 is 0 Å². The highest BCUT2D eigenvalue weighted by Crippen LogP contribution is 2.31. The topological polar surface area (TPSA) is 30.5 Å². The number of ether oxygens (including phenoxy) is 2. The molecule has 2 saturated heterocycles. The summed E-state index contributed by atoms with van der Waals surface area (Å²) in [6.07, 6.45) is 1.80. The molecule has 1 aromatic carbocycles. The minimum absolute atomic E-state index is 0.119. The molecule has 0 amide bonds. The first-order valence-electron chi connectivity index (χ1n) is 7.09. The highest BCUT2D eigenvalue weighted by atomic mass is 19.2. The molecule has 1 N–H and O–H groups in total. The predicted octanol–water partition coefficient (Wildman–Crippen LogP) is 2.56. The molecule has 0 spiro atoms. The van der Waals surface area contributed by atoms with E-state index in [-0.39, 0.29) is 18.2 Å². The lowest BCUT2D eigenvalue weighted by molar-refractivity contribution is 0.0853. The van der Waals surface area contributed by atoms with Crippen LogP contribution in [0.25, 0.3) is 0 Å². The second-order valence-corrected chi connectivity index (χ2v) is 5.50. The monoisotopic (exact) mass is 283 g/mol. The molecule has 2 heterocycles. The van der Waals surface area contributed by atoms with E-state index in [1.165, 1.54) is 6.07 Å². The zero-order chi connectivity index (χ0) is 14.1. The van der Waals surface area contributed by atoms with Gasteiger partial charge in [-0.15, -0.1) is 0 Å². The van der Waals surface area contributed by atoms with Crippen molar-refractivity contribution in [2.24, 2.45) is 0 Å². The van der Waals surface area contributed by atoms with Crippen molar-refractivity contribution in [3.63, 3.8) is 0 Å². The molecule has 5 heteroatoms. The van der Waals surface area contributed by atoms with Gasteiger partial charge in [0, 0.05) is 25.3 Å². The molecular formula is C15H19F2NO2. The highest BCUT2D eigenvalue weighted by molar-refractivity contribution is 5.22. The molecule has 1 aromatic rings. The largest absolute Gasteiger partial charge is 0.377 e. The Morgan fingerprint density at radius 3 is 2.50 bits per heavy atom. The lowest BCUT2D eigenvalue weighted by Gasteiger charge is -2.25. The van der Waals surface area contributed by atoms with Crippen LogP contribution in [0.4, 0.5) is 8.78 Å². The average Bonchev–Trinajstić information content (AvgIpc) is 3.04. The fraction of sp³-hybridized carbons (Fsp3) is 0.600. The van der Waals surface area contributed by atoms with Crippen LogP contribution in [-0.4, -0.2) is 31.4 Å². The maximum atomic E-state index is 13.4. The lowest BCUT2D eigenvalue weighted by Crippen LogP contribution is -2.43. The molecule has 0 bridgehead atoms. The third-order valence-electron chi connectivity index (χ3n) is 4.17. The molecule has 110 valence electrons. The van der Waals surface area contributed by atoms with Gasteiger partial charge in [0.2, 0.25) is 0 Å². The number of nitrogens with one attached hydrogen (secondary N) is 1. The van der Waals surface area contributed by atoms with Crippen molar-refractivity contribution in [3.05, 3.63) is 35.4 Å². The van der Waals surface area contributed by atoms with Crippen LogP contribution in [0, 0.1) is 11.6 Å². The molecule has 0 saturated carbocycles. The van der Waals surface area contributed by atoms with Gasteiger partial charge in [0.05, 0.1) is 12.2 Å². The van der Waals surface area contributed by atoms with E-state index >= 15 is 0 Å². The Morgan fingerprint density at radius 1 is 1.05 bits per heavy atom. The molecule has 0 unspecified atom stereocenters. The van der Waals surface area contributed by atoms with E-state index in [2.05, 4.69) is 5.32 Å². The van der Waals surface area contributed by atoms with Gasteiger partial charge in [-0.25, -0.2) is 8.78 Å². The first-order chi connectivity index (χ1) is 9.65. The van der Waals surface area contributed by atoms with Crippen molar-refractivity contribution in [2.75, 3.05) is 13.2 Å². The predicted molar refractivity (Wildman–Crippen MR) is 70.4 cm³/mol. The van der Waals surface area contributed by atoms with Gasteiger partial charge in [0.1, 0.15) is 0 Å². The summed E-state index contributed by atoms with van der Waals surface area (Å²) in [6, 6.07) is 4.40. The molecule has 3 nitrogen and oxygen atoms in total.